The van der Waals surface area contributed by atoms with Crippen LogP contribution in [0.15, 0.2) is 107 Å². The second-order valence-corrected chi connectivity index (χ2v) is 7.33. The topological polar surface area (TPSA) is 40.5 Å². The summed E-state index contributed by atoms with van der Waals surface area (Å²) >= 11 is 1.68. The molecule has 0 aromatic heterocycles. The quantitative estimate of drug-likeness (QED) is 0.426. The molecule has 0 aliphatic carbocycles. The molecule has 3 heteroatoms. The highest BCUT2D eigenvalue weighted by Crippen LogP contribution is 2.34. The lowest BCUT2D eigenvalue weighted by Crippen LogP contribution is -1.81. The highest BCUT2D eigenvalue weighted by molar-refractivity contribution is 7.99. The molecule has 0 radical (unpaired) electrons. The summed E-state index contributed by atoms with van der Waals surface area (Å²) in [5.74, 6) is 0.579. The number of phenols is 2. The van der Waals surface area contributed by atoms with Crippen molar-refractivity contribution in [2.24, 2.45) is 0 Å². The van der Waals surface area contributed by atoms with Gasteiger partial charge in [0.2, 0.25) is 0 Å². The summed E-state index contributed by atoms with van der Waals surface area (Å²) in [6.07, 6.45) is 0. The van der Waals surface area contributed by atoms with Crippen LogP contribution >= 0.6 is 11.8 Å². The molecule has 2 N–H and O–H groups in total. The summed E-state index contributed by atoms with van der Waals surface area (Å²) in [5.41, 5.74) is 3.65. The summed E-state index contributed by atoms with van der Waals surface area (Å²) in [4.78, 5) is 2.26. The van der Waals surface area contributed by atoms with Gasteiger partial charge in [-0.25, -0.2) is 0 Å². The highest BCUT2D eigenvalue weighted by atomic mass is 32.2. The largest absolute Gasteiger partial charge is 0.507 e. The Morgan fingerprint density at radius 2 is 0.815 bits per heavy atom. The number of hydrogen-bond acceptors (Lipinski definition) is 3. The van der Waals surface area contributed by atoms with E-state index in [1.807, 2.05) is 60.7 Å². The zero-order valence-electron chi connectivity index (χ0n) is 14.5. The van der Waals surface area contributed by atoms with Crippen LogP contribution in [0, 0.1) is 0 Å². The van der Waals surface area contributed by atoms with Gasteiger partial charge < -0.3 is 10.2 Å². The van der Waals surface area contributed by atoms with Crippen molar-refractivity contribution in [3.8, 4) is 33.8 Å². The van der Waals surface area contributed by atoms with Gasteiger partial charge in [0.05, 0.1) is 0 Å². The van der Waals surface area contributed by atoms with Crippen molar-refractivity contribution in [1.82, 2.24) is 0 Å². The van der Waals surface area contributed by atoms with Gasteiger partial charge in [-0.1, -0.05) is 72.4 Å². The molecule has 2 nitrogen and oxygen atoms in total. The maximum Gasteiger partial charge on any atom is 0.123 e. The first-order valence-electron chi connectivity index (χ1n) is 8.65. The van der Waals surface area contributed by atoms with E-state index in [9.17, 15) is 10.2 Å². The monoisotopic (exact) mass is 370 g/mol. The van der Waals surface area contributed by atoms with Gasteiger partial charge >= 0.3 is 0 Å². The van der Waals surface area contributed by atoms with Gasteiger partial charge in [0.1, 0.15) is 11.5 Å². The van der Waals surface area contributed by atoms with Crippen LogP contribution in [0.1, 0.15) is 0 Å². The third kappa shape index (κ3) is 3.83. The zero-order chi connectivity index (χ0) is 18.6. The minimum Gasteiger partial charge on any atom is -0.507 e. The Hall–Kier alpha value is -3.17. The molecule has 0 saturated heterocycles. The number of phenolic OH excluding ortho intramolecular Hbond substituents is 2. The fourth-order valence-corrected chi connectivity index (χ4v) is 3.79. The Morgan fingerprint density at radius 1 is 0.444 bits per heavy atom. The SMILES string of the molecule is Oc1ccccc1-c1ccc(Sc2ccc(-c3ccccc3O)cc2)cc1. The Kier molecular flexibility index (Phi) is 4.86. The lowest BCUT2D eigenvalue weighted by molar-refractivity contribution is 0.477. The predicted octanol–water partition coefficient (Wildman–Crippen LogP) is 6.58. The standard InChI is InChI=1S/C24H18O2S/c25-23-7-3-1-5-21(23)17-9-13-19(14-10-17)27-20-15-11-18(12-16-20)22-6-2-4-8-24(22)26/h1-16,25-26H. The van der Waals surface area contributed by atoms with E-state index in [4.69, 9.17) is 0 Å². The zero-order valence-corrected chi connectivity index (χ0v) is 15.4. The van der Waals surface area contributed by atoms with Crippen molar-refractivity contribution in [2.45, 2.75) is 9.79 Å². The average molecular weight is 370 g/mol. The third-order valence-electron chi connectivity index (χ3n) is 4.37. The fraction of sp³-hybridized carbons (Fsp3) is 0. The van der Waals surface area contributed by atoms with Gasteiger partial charge in [0, 0.05) is 20.9 Å². The lowest BCUT2D eigenvalue weighted by atomic mass is 10.1. The number of hydrogen-bond donors (Lipinski definition) is 2. The van der Waals surface area contributed by atoms with Gasteiger partial charge in [0.15, 0.2) is 0 Å². The van der Waals surface area contributed by atoms with Crippen molar-refractivity contribution < 1.29 is 10.2 Å². The lowest BCUT2D eigenvalue weighted by Gasteiger charge is -2.08. The normalized spacial score (nSPS) is 10.7. The van der Waals surface area contributed by atoms with Gasteiger partial charge in [-0.15, -0.1) is 0 Å². The van der Waals surface area contributed by atoms with Crippen LogP contribution in [-0.4, -0.2) is 10.2 Å². The van der Waals surface area contributed by atoms with Gasteiger partial charge in [-0.3, -0.25) is 0 Å². The van der Waals surface area contributed by atoms with Gasteiger partial charge in [-0.05, 0) is 47.5 Å². The van der Waals surface area contributed by atoms with Crippen molar-refractivity contribution in [3.05, 3.63) is 97.1 Å². The second kappa shape index (κ2) is 7.60. The van der Waals surface area contributed by atoms with Crippen molar-refractivity contribution in [1.29, 1.82) is 0 Å². The molecular weight excluding hydrogens is 352 g/mol. The number of benzene rings is 4. The molecule has 0 spiro atoms. The van der Waals surface area contributed by atoms with E-state index < -0.39 is 0 Å². The molecule has 4 rings (SSSR count). The fourth-order valence-electron chi connectivity index (χ4n) is 2.98. The van der Waals surface area contributed by atoms with Crippen LogP contribution in [0.4, 0.5) is 0 Å². The first-order chi connectivity index (χ1) is 13.2. The summed E-state index contributed by atoms with van der Waals surface area (Å²) < 4.78 is 0. The Morgan fingerprint density at radius 3 is 1.19 bits per heavy atom. The molecule has 0 fully saturated rings. The number of para-hydroxylation sites is 2. The molecule has 0 unspecified atom stereocenters. The van der Waals surface area contributed by atoms with Gasteiger partial charge in [0.25, 0.3) is 0 Å². The maximum absolute atomic E-state index is 9.98. The second-order valence-electron chi connectivity index (χ2n) is 6.19. The van der Waals surface area contributed by atoms with Crippen LogP contribution in [-0.2, 0) is 0 Å². The molecule has 4 aromatic carbocycles. The van der Waals surface area contributed by atoms with E-state index in [1.165, 1.54) is 0 Å². The maximum atomic E-state index is 9.98. The summed E-state index contributed by atoms with van der Waals surface area (Å²) in [5, 5.41) is 20.0. The van der Waals surface area contributed by atoms with Crippen LogP contribution in [0.5, 0.6) is 11.5 Å². The Labute approximate surface area is 162 Å². The molecule has 0 aliphatic heterocycles. The Balaban J connectivity index is 1.51. The van der Waals surface area contributed by atoms with Crippen LogP contribution in [0.25, 0.3) is 22.3 Å². The van der Waals surface area contributed by atoms with Gasteiger partial charge in [-0.2, -0.15) is 0 Å². The molecule has 27 heavy (non-hydrogen) atoms. The van der Waals surface area contributed by atoms with E-state index in [2.05, 4.69) is 24.3 Å². The molecule has 0 bridgehead atoms. The smallest absolute Gasteiger partial charge is 0.123 e. The third-order valence-corrected chi connectivity index (χ3v) is 5.39. The van der Waals surface area contributed by atoms with E-state index in [0.29, 0.717) is 0 Å². The minimum absolute atomic E-state index is 0.289. The molecule has 0 amide bonds. The van der Waals surface area contributed by atoms with E-state index in [-0.39, 0.29) is 11.5 Å². The van der Waals surface area contributed by atoms with Crippen LogP contribution in [0.2, 0.25) is 0 Å². The minimum atomic E-state index is 0.289. The first kappa shape index (κ1) is 17.3. The molecule has 0 aliphatic rings. The van der Waals surface area contributed by atoms with E-state index >= 15 is 0 Å². The predicted molar refractivity (Wildman–Crippen MR) is 111 cm³/mol. The molecule has 4 aromatic rings. The summed E-state index contributed by atoms with van der Waals surface area (Å²) in [6.45, 7) is 0. The molecular formula is C24H18O2S. The summed E-state index contributed by atoms with van der Waals surface area (Å²) in [7, 11) is 0. The Bertz CT molecular complexity index is 967. The van der Waals surface area contributed by atoms with E-state index in [0.717, 1.165) is 32.0 Å². The van der Waals surface area contributed by atoms with Crippen molar-refractivity contribution >= 4 is 11.8 Å². The molecule has 0 heterocycles. The number of rotatable bonds is 4. The summed E-state index contributed by atoms with van der Waals surface area (Å²) in [6, 6.07) is 31.0. The van der Waals surface area contributed by atoms with Crippen molar-refractivity contribution in [3.63, 3.8) is 0 Å². The molecule has 0 saturated carbocycles. The first-order valence-corrected chi connectivity index (χ1v) is 9.47. The molecule has 0 atom stereocenters. The molecule has 132 valence electrons. The van der Waals surface area contributed by atoms with Crippen molar-refractivity contribution in [2.75, 3.05) is 0 Å². The highest BCUT2D eigenvalue weighted by Gasteiger charge is 2.06. The van der Waals surface area contributed by atoms with E-state index in [1.54, 1.807) is 23.9 Å². The van der Waals surface area contributed by atoms with Crippen LogP contribution in [0.3, 0.4) is 0 Å². The average Bonchev–Trinajstić information content (AvgIpc) is 2.70. The number of aromatic hydroxyl groups is 2. The van der Waals surface area contributed by atoms with Crippen LogP contribution < -0.4 is 0 Å².